The lowest BCUT2D eigenvalue weighted by Gasteiger charge is -2.33. The highest BCUT2D eigenvalue weighted by Gasteiger charge is 2.20. The van der Waals surface area contributed by atoms with Crippen LogP contribution in [0.1, 0.15) is 44.0 Å². The van der Waals surface area contributed by atoms with Crippen molar-refractivity contribution in [2.24, 2.45) is 0 Å². The number of rotatable bonds is 5. The number of thiophene rings is 1. The number of nitrogens with one attached hydrogen (secondary N) is 1. The van der Waals surface area contributed by atoms with Gasteiger partial charge in [0.15, 0.2) is 0 Å². The van der Waals surface area contributed by atoms with E-state index in [-0.39, 0.29) is 0 Å². The summed E-state index contributed by atoms with van der Waals surface area (Å²) in [5, 5.41) is 5.93. The second-order valence-electron chi connectivity index (χ2n) is 5.02. The minimum atomic E-state index is 0.512. The molecule has 0 bridgehead atoms. The summed E-state index contributed by atoms with van der Waals surface area (Å²) in [5.41, 5.74) is 0. The Morgan fingerprint density at radius 2 is 2.24 bits per heavy atom. The summed E-state index contributed by atoms with van der Waals surface area (Å²) < 4.78 is 0. The van der Waals surface area contributed by atoms with Gasteiger partial charge in [0.1, 0.15) is 0 Å². The summed E-state index contributed by atoms with van der Waals surface area (Å²) in [7, 11) is 0. The molecule has 96 valence electrons. The highest BCUT2D eigenvalue weighted by Crippen LogP contribution is 2.21. The largest absolute Gasteiger partial charge is 0.307 e. The first-order valence-corrected chi connectivity index (χ1v) is 7.69. The zero-order valence-electron chi connectivity index (χ0n) is 11.0. The Bertz CT molecular complexity index is 302. The lowest BCUT2D eigenvalue weighted by atomic mass is 10.0. The molecule has 0 aromatic carbocycles. The second kappa shape index (κ2) is 6.53. The Balaban J connectivity index is 1.74. The molecular formula is C14H24N2S. The van der Waals surface area contributed by atoms with Crippen molar-refractivity contribution in [1.29, 1.82) is 0 Å². The van der Waals surface area contributed by atoms with Crippen LogP contribution in [0.25, 0.3) is 0 Å². The van der Waals surface area contributed by atoms with Crippen LogP contribution < -0.4 is 5.32 Å². The second-order valence-corrected chi connectivity index (χ2v) is 6.00. The molecule has 1 aliphatic rings. The summed E-state index contributed by atoms with van der Waals surface area (Å²) in [6.07, 6.45) is 3.88. The van der Waals surface area contributed by atoms with E-state index in [2.05, 4.69) is 41.6 Å². The van der Waals surface area contributed by atoms with Crippen molar-refractivity contribution >= 4 is 11.3 Å². The molecule has 3 heteroatoms. The Kier molecular flexibility index (Phi) is 5.01. The van der Waals surface area contributed by atoms with E-state index in [1.165, 1.54) is 43.8 Å². The van der Waals surface area contributed by atoms with Gasteiger partial charge in [-0.2, -0.15) is 0 Å². The number of piperidine rings is 1. The van der Waals surface area contributed by atoms with Crippen LogP contribution in [-0.2, 0) is 0 Å². The average molecular weight is 252 g/mol. The van der Waals surface area contributed by atoms with Crippen LogP contribution in [0, 0.1) is 0 Å². The van der Waals surface area contributed by atoms with Crippen molar-refractivity contribution in [2.45, 2.75) is 45.2 Å². The van der Waals surface area contributed by atoms with Crippen molar-refractivity contribution in [2.75, 3.05) is 19.6 Å². The Hall–Kier alpha value is -0.380. The lowest BCUT2D eigenvalue weighted by molar-refractivity contribution is 0.193. The molecule has 0 amide bonds. The molecule has 0 aliphatic carbocycles. The summed E-state index contributed by atoms with van der Waals surface area (Å²) in [4.78, 5) is 4.05. The highest BCUT2D eigenvalue weighted by molar-refractivity contribution is 7.10. The van der Waals surface area contributed by atoms with Crippen molar-refractivity contribution in [3.05, 3.63) is 22.4 Å². The third-order valence-corrected chi connectivity index (χ3v) is 4.64. The number of hydrogen-bond acceptors (Lipinski definition) is 3. The standard InChI is InChI=1S/C14H24N2S/c1-3-8-16-9-6-13(7-10-16)15-12(2)14-5-4-11-17-14/h4-5,11-13,15H,3,6-10H2,1-2H3/t12-/m0/s1. The maximum absolute atomic E-state index is 3.77. The molecule has 0 saturated carbocycles. The Morgan fingerprint density at radius 1 is 1.47 bits per heavy atom. The van der Waals surface area contributed by atoms with Gasteiger partial charge >= 0.3 is 0 Å². The first kappa shape index (κ1) is 13.1. The maximum Gasteiger partial charge on any atom is 0.0388 e. The molecule has 17 heavy (non-hydrogen) atoms. The third-order valence-electron chi connectivity index (χ3n) is 3.58. The average Bonchev–Trinajstić information content (AvgIpc) is 2.86. The summed E-state index contributed by atoms with van der Waals surface area (Å²) in [6, 6.07) is 5.59. The van der Waals surface area contributed by atoms with Crippen LogP contribution in [0.5, 0.6) is 0 Å². The fourth-order valence-electron chi connectivity index (χ4n) is 2.61. The minimum Gasteiger partial charge on any atom is -0.307 e. The first-order chi connectivity index (χ1) is 8.29. The molecule has 0 radical (unpaired) electrons. The van der Waals surface area contributed by atoms with E-state index in [0.717, 1.165) is 0 Å². The molecule has 1 aliphatic heterocycles. The molecule has 2 rings (SSSR count). The predicted molar refractivity (Wildman–Crippen MR) is 75.6 cm³/mol. The number of nitrogens with zero attached hydrogens (tertiary/aromatic N) is 1. The Labute approximate surface area is 109 Å². The third kappa shape index (κ3) is 3.80. The molecule has 2 nitrogen and oxygen atoms in total. The number of hydrogen-bond donors (Lipinski definition) is 1. The predicted octanol–water partition coefficient (Wildman–Crippen LogP) is 3.27. The SMILES string of the molecule is CCCN1CCC(N[C@@H](C)c2cccs2)CC1. The van der Waals surface area contributed by atoms with Crippen LogP contribution >= 0.6 is 11.3 Å². The van der Waals surface area contributed by atoms with Crippen LogP contribution in [-0.4, -0.2) is 30.6 Å². The molecule has 1 aromatic rings. The number of likely N-dealkylation sites (tertiary alicyclic amines) is 1. The van der Waals surface area contributed by atoms with Crippen LogP contribution in [0.2, 0.25) is 0 Å². The molecule has 0 spiro atoms. The zero-order valence-corrected chi connectivity index (χ0v) is 11.8. The Morgan fingerprint density at radius 3 is 2.82 bits per heavy atom. The molecule has 1 saturated heterocycles. The fourth-order valence-corrected chi connectivity index (χ4v) is 3.36. The first-order valence-electron chi connectivity index (χ1n) is 6.81. The topological polar surface area (TPSA) is 15.3 Å². The van der Waals surface area contributed by atoms with Crippen LogP contribution in [0.15, 0.2) is 17.5 Å². The van der Waals surface area contributed by atoms with Crippen molar-refractivity contribution in [3.8, 4) is 0 Å². The van der Waals surface area contributed by atoms with Crippen molar-refractivity contribution < 1.29 is 0 Å². The van der Waals surface area contributed by atoms with E-state index in [1.807, 2.05) is 11.3 Å². The summed E-state index contributed by atoms with van der Waals surface area (Å²) >= 11 is 1.86. The van der Waals surface area contributed by atoms with Crippen LogP contribution in [0.3, 0.4) is 0 Å². The molecule has 1 aromatic heterocycles. The molecule has 1 fully saturated rings. The smallest absolute Gasteiger partial charge is 0.0388 e. The quantitative estimate of drug-likeness (QED) is 0.865. The van der Waals surface area contributed by atoms with E-state index in [4.69, 9.17) is 0 Å². The fraction of sp³-hybridized carbons (Fsp3) is 0.714. The summed E-state index contributed by atoms with van der Waals surface area (Å²) in [5.74, 6) is 0. The van der Waals surface area contributed by atoms with Gasteiger partial charge in [0.05, 0.1) is 0 Å². The van der Waals surface area contributed by atoms with Gasteiger partial charge < -0.3 is 10.2 Å². The van der Waals surface area contributed by atoms with Gasteiger partial charge in [-0.25, -0.2) is 0 Å². The normalized spacial score (nSPS) is 20.6. The van der Waals surface area contributed by atoms with Gasteiger partial charge in [0.25, 0.3) is 0 Å². The maximum atomic E-state index is 3.77. The van der Waals surface area contributed by atoms with E-state index < -0.39 is 0 Å². The molecular weight excluding hydrogens is 228 g/mol. The molecule has 2 heterocycles. The highest BCUT2D eigenvalue weighted by atomic mass is 32.1. The van der Waals surface area contributed by atoms with Gasteiger partial charge in [-0.3, -0.25) is 0 Å². The van der Waals surface area contributed by atoms with E-state index in [1.54, 1.807) is 0 Å². The van der Waals surface area contributed by atoms with Gasteiger partial charge in [-0.05, 0) is 57.3 Å². The molecule has 1 atom stereocenters. The minimum absolute atomic E-state index is 0.512. The lowest BCUT2D eigenvalue weighted by Crippen LogP contribution is -2.43. The van der Waals surface area contributed by atoms with Gasteiger partial charge in [0.2, 0.25) is 0 Å². The van der Waals surface area contributed by atoms with Crippen molar-refractivity contribution in [1.82, 2.24) is 10.2 Å². The van der Waals surface area contributed by atoms with Crippen molar-refractivity contribution in [3.63, 3.8) is 0 Å². The van der Waals surface area contributed by atoms with Gasteiger partial charge in [-0.1, -0.05) is 13.0 Å². The molecule has 0 unspecified atom stereocenters. The monoisotopic (exact) mass is 252 g/mol. The van der Waals surface area contributed by atoms with E-state index in [0.29, 0.717) is 12.1 Å². The summed E-state index contributed by atoms with van der Waals surface area (Å²) in [6.45, 7) is 8.35. The van der Waals surface area contributed by atoms with E-state index in [9.17, 15) is 0 Å². The molecule has 1 N–H and O–H groups in total. The van der Waals surface area contributed by atoms with Gasteiger partial charge in [0, 0.05) is 17.0 Å². The van der Waals surface area contributed by atoms with E-state index >= 15 is 0 Å². The van der Waals surface area contributed by atoms with Crippen LogP contribution in [0.4, 0.5) is 0 Å². The zero-order chi connectivity index (χ0) is 12.1. The van der Waals surface area contributed by atoms with Gasteiger partial charge in [-0.15, -0.1) is 11.3 Å².